The van der Waals surface area contributed by atoms with E-state index in [-0.39, 0.29) is 30.1 Å². The van der Waals surface area contributed by atoms with Gasteiger partial charge in [0.25, 0.3) is 0 Å². The second-order valence-corrected chi connectivity index (χ2v) is 8.00. The van der Waals surface area contributed by atoms with E-state index >= 15 is 0 Å². The van der Waals surface area contributed by atoms with E-state index in [2.05, 4.69) is 84.0 Å². The molecule has 1 heterocycles. The van der Waals surface area contributed by atoms with Crippen molar-refractivity contribution < 1.29 is 9.47 Å². The number of ether oxygens (including phenoxy) is 2. The van der Waals surface area contributed by atoms with Crippen molar-refractivity contribution in [3.8, 4) is 5.75 Å². The lowest BCUT2D eigenvalue weighted by Crippen LogP contribution is -2.36. The van der Waals surface area contributed by atoms with Crippen LogP contribution in [0, 0.1) is 6.92 Å². The molecule has 0 aromatic heterocycles. The van der Waals surface area contributed by atoms with Gasteiger partial charge in [-0.2, -0.15) is 0 Å². The van der Waals surface area contributed by atoms with Gasteiger partial charge in [0.1, 0.15) is 11.9 Å². The topological polar surface area (TPSA) is 58.1 Å². The van der Waals surface area contributed by atoms with Crippen molar-refractivity contribution in [1.82, 2.24) is 15.5 Å². The summed E-state index contributed by atoms with van der Waals surface area (Å²) >= 11 is 0. The largest absolute Gasteiger partial charge is 0.488 e. The van der Waals surface area contributed by atoms with E-state index < -0.39 is 0 Å². The molecule has 0 saturated carbocycles. The molecule has 0 radical (unpaired) electrons. The molecule has 1 unspecified atom stereocenters. The molecule has 2 aromatic carbocycles. The minimum Gasteiger partial charge on any atom is -0.488 e. The van der Waals surface area contributed by atoms with Gasteiger partial charge in [-0.25, -0.2) is 0 Å². The third-order valence-corrected chi connectivity index (χ3v) is 5.13. The van der Waals surface area contributed by atoms with Crippen LogP contribution in [-0.4, -0.2) is 51.3 Å². The summed E-state index contributed by atoms with van der Waals surface area (Å²) in [4.78, 5) is 6.56. The molecule has 170 valence electrons. The highest BCUT2D eigenvalue weighted by Crippen LogP contribution is 2.23. The molecule has 2 N–H and O–H groups in total. The van der Waals surface area contributed by atoms with Crippen LogP contribution in [0.1, 0.15) is 28.7 Å². The fourth-order valence-corrected chi connectivity index (χ4v) is 3.51. The second kappa shape index (κ2) is 12.9. The number of halogens is 1. The summed E-state index contributed by atoms with van der Waals surface area (Å²) in [6, 6.07) is 14.8. The van der Waals surface area contributed by atoms with Gasteiger partial charge >= 0.3 is 0 Å². The van der Waals surface area contributed by atoms with Gasteiger partial charge in [0, 0.05) is 38.7 Å². The molecule has 1 atom stereocenters. The summed E-state index contributed by atoms with van der Waals surface area (Å²) in [7, 11) is 5.97. The Morgan fingerprint density at radius 3 is 2.45 bits per heavy atom. The number of nitrogens with one attached hydrogen (secondary N) is 2. The average Bonchev–Trinajstić information content (AvgIpc) is 3.23. The number of aliphatic imine (C=N–C) groups is 1. The highest BCUT2D eigenvalue weighted by molar-refractivity contribution is 14.0. The van der Waals surface area contributed by atoms with Crippen molar-refractivity contribution in [1.29, 1.82) is 0 Å². The summed E-state index contributed by atoms with van der Waals surface area (Å²) in [5, 5.41) is 6.85. The maximum atomic E-state index is 6.21. The number of guanidine groups is 1. The number of rotatable bonds is 8. The lowest BCUT2D eigenvalue weighted by Gasteiger charge is -2.19. The van der Waals surface area contributed by atoms with E-state index in [1.54, 1.807) is 7.05 Å². The number of hydrogen-bond donors (Lipinski definition) is 2. The summed E-state index contributed by atoms with van der Waals surface area (Å²) in [5.74, 6) is 1.69. The molecule has 0 bridgehead atoms. The molecule has 1 aliphatic rings. The zero-order valence-electron chi connectivity index (χ0n) is 19.0. The molecule has 1 fully saturated rings. The van der Waals surface area contributed by atoms with Crippen molar-refractivity contribution in [3.05, 3.63) is 64.7 Å². The van der Waals surface area contributed by atoms with E-state index in [0.29, 0.717) is 13.2 Å². The lowest BCUT2D eigenvalue weighted by molar-refractivity contribution is 0.140. The van der Waals surface area contributed by atoms with E-state index in [9.17, 15) is 0 Å². The number of hydrogen-bond acceptors (Lipinski definition) is 4. The van der Waals surface area contributed by atoms with Gasteiger partial charge in [0.2, 0.25) is 0 Å². The Kier molecular flexibility index (Phi) is 10.6. The molecule has 2 aromatic rings. The highest BCUT2D eigenvalue weighted by atomic mass is 127. The van der Waals surface area contributed by atoms with E-state index in [1.807, 2.05) is 0 Å². The van der Waals surface area contributed by atoms with Crippen molar-refractivity contribution in [2.45, 2.75) is 39.1 Å². The Balaban J connectivity index is 0.00000341. The van der Waals surface area contributed by atoms with E-state index in [4.69, 9.17) is 9.47 Å². The molecule has 0 spiro atoms. The van der Waals surface area contributed by atoms with Gasteiger partial charge in [-0.05, 0) is 43.8 Å². The standard InChI is InChI=1S/C24H34N4O2.HI/c1-18-9-10-20(23(13-18)30-22-11-12-29-17-22)15-27-24(25-2)26-14-19-7-5-6-8-21(19)16-28(3)4;/h5-10,13,22H,11-12,14-17H2,1-4H3,(H2,25,26,27);1H. The Hall–Kier alpha value is -1.84. The Morgan fingerprint density at radius 1 is 1.10 bits per heavy atom. The monoisotopic (exact) mass is 538 g/mol. The Labute approximate surface area is 203 Å². The van der Waals surface area contributed by atoms with Crippen LogP contribution in [0.3, 0.4) is 0 Å². The summed E-state index contributed by atoms with van der Waals surface area (Å²) in [6.45, 7) is 5.80. The predicted octanol–water partition coefficient (Wildman–Crippen LogP) is 3.71. The van der Waals surface area contributed by atoms with Crippen LogP contribution in [0.5, 0.6) is 5.75 Å². The van der Waals surface area contributed by atoms with Crippen molar-refractivity contribution in [3.63, 3.8) is 0 Å². The van der Waals surface area contributed by atoms with Gasteiger partial charge in [-0.3, -0.25) is 4.99 Å². The summed E-state index contributed by atoms with van der Waals surface area (Å²) in [5.41, 5.74) is 4.89. The molecule has 6 nitrogen and oxygen atoms in total. The molecule has 3 rings (SSSR count). The van der Waals surface area contributed by atoms with Gasteiger partial charge in [0.15, 0.2) is 5.96 Å². The number of aryl methyl sites for hydroxylation is 1. The van der Waals surface area contributed by atoms with Crippen molar-refractivity contribution in [2.24, 2.45) is 4.99 Å². The quantitative estimate of drug-likeness (QED) is 0.305. The first-order valence-corrected chi connectivity index (χ1v) is 10.5. The van der Waals surface area contributed by atoms with Crippen LogP contribution in [0.25, 0.3) is 0 Å². The van der Waals surface area contributed by atoms with Crippen LogP contribution < -0.4 is 15.4 Å². The zero-order chi connectivity index (χ0) is 21.3. The lowest BCUT2D eigenvalue weighted by atomic mass is 10.1. The van der Waals surface area contributed by atoms with Crippen molar-refractivity contribution >= 4 is 29.9 Å². The van der Waals surface area contributed by atoms with Gasteiger partial charge in [-0.15, -0.1) is 24.0 Å². The Morgan fingerprint density at radius 2 is 1.81 bits per heavy atom. The third kappa shape index (κ3) is 7.97. The fraction of sp³-hybridized carbons (Fsp3) is 0.458. The molecule has 7 heteroatoms. The fourth-order valence-electron chi connectivity index (χ4n) is 3.51. The van der Waals surface area contributed by atoms with E-state index in [0.717, 1.165) is 43.4 Å². The van der Waals surface area contributed by atoms with Crippen LogP contribution >= 0.6 is 24.0 Å². The van der Waals surface area contributed by atoms with Gasteiger partial charge < -0.3 is 25.0 Å². The molecular weight excluding hydrogens is 503 g/mol. The molecule has 0 aliphatic carbocycles. The highest BCUT2D eigenvalue weighted by Gasteiger charge is 2.18. The SMILES string of the molecule is CN=C(NCc1ccccc1CN(C)C)NCc1ccc(C)cc1OC1CCOC1.I. The number of benzene rings is 2. The Bertz CT molecular complexity index is 851. The first kappa shape index (κ1) is 25.4. The summed E-state index contributed by atoms with van der Waals surface area (Å²) in [6.07, 6.45) is 1.08. The maximum Gasteiger partial charge on any atom is 0.191 e. The minimum absolute atomic E-state index is 0. The van der Waals surface area contributed by atoms with Crippen LogP contribution in [0.4, 0.5) is 0 Å². The first-order valence-electron chi connectivity index (χ1n) is 10.5. The van der Waals surface area contributed by atoms with Gasteiger partial charge in [-0.1, -0.05) is 36.4 Å². The van der Waals surface area contributed by atoms with Crippen molar-refractivity contribution in [2.75, 3.05) is 34.4 Å². The third-order valence-electron chi connectivity index (χ3n) is 5.13. The predicted molar refractivity (Wildman–Crippen MR) is 137 cm³/mol. The molecule has 0 amide bonds. The van der Waals surface area contributed by atoms with Gasteiger partial charge in [0.05, 0.1) is 13.2 Å². The van der Waals surface area contributed by atoms with Crippen LogP contribution in [-0.2, 0) is 24.4 Å². The molecule has 1 saturated heterocycles. The smallest absolute Gasteiger partial charge is 0.191 e. The maximum absolute atomic E-state index is 6.21. The minimum atomic E-state index is 0. The molecule has 31 heavy (non-hydrogen) atoms. The molecular formula is C24H35IN4O2. The number of nitrogens with zero attached hydrogens (tertiary/aromatic N) is 2. The average molecular weight is 538 g/mol. The molecule has 1 aliphatic heterocycles. The van der Waals surface area contributed by atoms with Crippen LogP contribution in [0.2, 0.25) is 0 Å². The van der Waals surface area contributed by atoms with E-state index in [1.165, 1.54) is 16.7 Å². The normalized spacial score (nSPS) is 16.2. The van der Waals surface area contributed by atoms with Crippen LogP contribution in [0.15, 0.2) is 47.5 Å². The summed E-state index contributed by atoms with van der Waals surface area (Å²) < 4.78 is 11.7. The zero-order valence-corrected chi connectivity index (χ0v) is 21.3. The first-order chi connectivity index (χ1) is 14.5. The second-order valence-electron chi connectivity index (χ2n) is 8.00.